The first-order valence-electron chi connectivity index (χ1n) is 11.4. The Balaban J connectivity index is 1.43. The van der Waals surface area contributed by atoms with Crippen molar-refractivity contribution in [1.82, 2.24) is 4.98 Å². The number of sulfone groups is 1. The first kappa shape index (κ1) is 25.9. The van der Waals surface area contributed by atoms with E-state index in [0.29, 0.717) is 0 Å². The number of hydrogen-bond acceptors (Lipinski definition) is 8. The van der Waals surface area contributed by atoms with Gasteiger partial charge in [0.15, 0.2) is 15.0 Å². The highest BCUT2D eigenvalue weighted by Crippen LogP contribution is 2.31. The summed E-state index contributed by atoms with van der Waals surface area (Å²) in [4.78, 5) is 18.6. The second kappa shape index (κ2) is 12.2. The van der Waals surface area contributed by atoms with Gasteiger partial charge in [-0.3, -0.25) is 4.79 Å². The Hall–Kier alpha value is -3.14. The molecule has 0 aliphatic rings. The number of nitrogens with one attached hydrogen (secondary N) is 1. The third kappa shape index (κ3) is 7.19. The SMILES string of the molecule is CCOC(=O)CC(CS(=O)(=O)c1ccc(Sc2ccc(Nc3nccs3)cc2)cc1)c1ccccc1. The molecule has 9 heteroatoms. The van der Waals surface area contributed by atoms with Gasteiger partial charge < -0.3 is 10.1 Å². The van der Waals surface area contributed by atoms with Gasteiger partial charge in [0.25, 0.3) is 0 Å². The highest BCUT2D eigenvalue weighted by molar-refractivity contribution is 7.99. The average Bonchev–Trinajstić information content (AvgIpc) is 3.39. The lowest BCUT2D eigenvalue weighted by Crippen LogP contribution is -2.19. The smallest absolute Gasteiger partial charge is 0.306 e. The van der Waals surface area contributed by atoms with Gasteiger partial charge in [-0.1, -0.05) is 42.1 Å². The molecule has 1 atom stereocenters. The standard InChI is InChI=1S/C27H26N2O4S3/c1-2-33-26(30)18-21(20-6-4-3-5-7-20)19-36(31,32)25-14-12-24(13-15-25)35-23-10-8-22(9-11-23)29-27-28-16-17-34-27/h3-17,21H,2,18-19H2,1H3,(H,28,29). The Morgan fingerprint density at radius 1 is 1.00 bits per heavy atom. The van der Waals surface area contributed by atoms with E-state index in [4.69, 9.17) is 4.74 Å². The van der Waals surface area contributed by atoms with Crippen LogP contribution in [0.4, 0.5) is 10.8 Å². The predicted octanol–water partition coefficient (Wildman–Crippen LogP) is 6.55. The summed E-state index contributed by atoms with van der Waals surface area (Å²) in [6, 6.07) is 24.1. The van der Waals surface area contributed by atoms with Crippen molar-refractivity contribution in [2.45, 2.75) is 33.9 Å². The molecule has 1 unspecified atom stereocenters. The van der Waals surface area contributed by atoms with E-state index in [1.807, 2.05) is 72.1 Å². The molecule has 4 aromatic rings. The third-order valence-electron chi connectivity index (χ3n) is 5.37. The zero-order chi connectivity index (χ0) is 25.4. The number of carbonyl (C=O) groups is 1. The van der Waals surface area contributed by atoms with E-state index in [1.165, 1.54) is 11.3 Å². The lowest BCUT2D eigenvalue weighted by molar-refractivity contribution is -0.143. The van der Waals surface area contributed by atoms with E-state index in [-0.39, 0.29) is 23.7 Å². The van der Waals surface area contributed by atoms with E-state index in [9.17, 15) is 13.2 Å². The molecule has 1 aromatic heterocycles. The topological polar surface area (TPSA) is 85.4 Å². The maximum Gasteiger partial charge on any atom is 0.306 e. The van der Waals surface area contributed by atoms with Crippen LogP contribution < -0.4 is 5.32 Å². The van der Waals surface area contributed by atoms with Crippen LogP contribution in [0, 0.1) is 0 Å². The summed E-state index contributed by atoms with van der Waals surface area (Å²) in [5.41, 5.74) is 1.75. The number of benzene rings is 3. The lowest BCUT2D eigenvalue weighted by Gasteiger charge is -2.17. The molecule has 0 saturated carbocycles. The molecule has 0 aliphatic carbocycles. The number of aromatic nitrogens is 1. The van der Waals surface area contributed by atoms with Crippen LogP contribution in [0.2, 0.25) is 0 Å². The van der Waals surface area contributed by atoms with Crippen LogP contribution in [0.5, 0.6) is 0 Å². The zero-order valence-electron chi connectivity index (χ0n) is 19.7. The van der Waals surface area contributed by atoms with Gasteiger partial charge in [0.05, 0.1) is 23.7 Å². The van der Waals surface area contributed by atoms with Crippen LogP contribution in [0.15, 0.2) is 105 Å². The molecule has 6 nitrogen and oxygen atoms in total. The highest BCUT2D eigenvalue weighted by Gasteiger charge is 2.25. The number of esters is 1. The summed E-state index contributed by atoms with van der Waals surface area (Å²) in [6.07, 6.45) is 1.77. The van der Waals surface area contributed by atoms with E-state index < -0.39 is 21.7 Å². The van der Waals surface area contributed by atoms with Crippen LogP contribution in [-0.2, 0) is 19.4 Å². The lowest BCUT2D eigenvalue weighted by atomic mass is 9.98. The molecule has 0 radical (unpaired) electrons. The number of carbonyl (C=O) groups excluding carboxylic acids is 1. The Kier molecular flexibility index (Phi) is 8.79. The molecule has 0 aliphatic heterocycles. The van der Waals surface area contributed by atoms with Gasteiger partial charge in [0, 0.05) is 33.0 Å². The zero-order valence-corrected chi connectivity index (χ0v) is 22.1. The van der Waals surface area contributed by atoms with E-state index in [0.717, 1.165) is 26.2 Å². The van der Waals surface area contributed by atoms with Crippen LogP contribution in [-0.4, -0.2) is 31.7 Å². The average molecular weight is 539 g/mol. The van der Waals surface area contributed by atoms with Gasteiger partial charge in [0.1, 0.15) is 0 Å². The van der Waals surface area contributed by atoms with Crippen LogP contribution in [0.1, 0.15) is 24.8 Å². The van der Waals surface area contributed by atoms with E-state index >= 15 is 0 Å². The Bertz CT molecular complexity index is 1360. The van der Waals surface area contributed by atoms with Crippen molar-refractivity contribution in [3.63, 3.8) is 0 Å². The first-order chi connectivity index (χ1) is 17.4. The molecule has 1 N–H and O–H groups in total. The fourth-order valence-corrected chi connectivity index (χ4v) is 6.60. The van der Waals surface area contributed by atoms with Crippen molar-refractivity contribution >= 4 is 49.7 Å². The molecular formula is C27H26N2O4S3. The van der Waals surface area contributed by atoms with Crippen molar-refractivity contribution in [1.29, 1.82) is 0 Å². The number of nitrogens with zero attached hydrogens (tertiary/aromatic N) is 1. The summed E-state index contributed by atoms with van der Waals surface area (Å²) in [7, 11) is -3.62. The number of thiazole rings is 1. The van der Waals surface area contributed by atoms with Crippen molar-refractivity contribution in [2.24, 2.45) is 0 Å². The van der Waals surface area contributed by atoms with Crippen molar-refractivity contribution < 1.29 is 17.9 Å². The van der Waals surface area contributed by atoms with Gasteiger partial charge >= 0.3 is 5.97 Å². The fraction of sp³-hybridized carbons (Fsp3) is 0.185. The quantitative estimate of drug-likeness (QED) is 0.217. The van der Waals surface area contributed by atoms with Crippen molar-refractivity contribution in [3.05, 3.63) is 96.0 Å². The molecule has 0 spiro atoms. The van der Waals surface area contributed by atoms with Gasteiger partial charge in [0.2, 0.25) is 0 Å². The summed E-state index contributed by atoms with van der Waals surface area (Å²) in [6.45, 7) is 2.00. The number of rotatable bonds is 11. The third-order valence-corrected chi connectivity index (χ3v) is 8.90. The Morgan fingerprint density at radius 2 is 1.67 bits per heavy atom. The normalized spacial score (nSPS) is 12.1. The van der Waals surface area contributed by atoms with E-state index in [1.54, 1.807) is 37.0 Å². The van der Waals surface area contributed by atoms with Crippen molar-refractivity contribution in [3.8, 4) is 0 Å². The predicted molar refractivity (Wildman–Crippen MR) is 145 cm³/mol. The fourth-order valence-electron chi connectivity index (χ4n) is 3.65. The van der Waals surface area contributed by atoms with Gasteiger partial charge in [-0.25, -0.2) is 13.4 Å². The molecule has 0 fully saturated rings. The molecular weight excluding hydrogens is 513 g/mol. The molecule has 1 heterocycles. The molecule has 186 valence electrons. The van der Waals surface area contributed by atoms with Crippen molar-refractivity contribution in [2.75, 3.05) is 17.7 Å². The molecule has 3 aromatic carbocycles. The number of anilines is 2. The summed E-state index contributed by atoms with van der Waals surface area (Å²) in [5, 5.41) is 6.00. The highest BCUT2D eigenvalue weighted by atomic mass is 32.2. The number of hydrogen-bond donors (Lipinski definition) is 1. The number of ether oxygens (including phenoxy) is 1. The molecule has 0 bridgehead atoms. The minimum Gasteiger partial charge on any atom is -0.466 e. The minimum atomic E-state index is -3.62. The first-order valence-corrected chi connectivity index (χ1v) is 14.8. The Labute approximate surface area is 219 Å². The maximum absolute atomic E-state index is 13.2. The largest absolute Gasteiger partial charge is 0.466 e. The Morgan fingerprint density at radius 3 is 2.28 bits per heavy atom. The summed E-state index contributed by atoms with van der Waals surface area (Å²) in [5.74, 6) is -1.06. The van der Waals surface area contributed by atoms with Crippen LogP contribution in [0.25, 0.3) is 0 Å². The van der Waals surface area contributed by atoms with Crippen LogP contribution in [0.3, 0.4) is 0 Å². The van der Waals surface area contributed by atoms with E-state index in [2.05, 4.69) is 10.3 Å². The minimum absolute atomic E-state index is 0.0123. The van der Waals surface area contributed by atoms with Gasteiger partial charge in [-0.2, -0.15) is 0 Å². The molecule has 36 heavy (non-hydrogen) atoms. The molecule has 0 amide bonds. The summed E-state index contributed by atoms with van der Waals surface area (Å²) >= 11 is 3.09. The molecule has 4 rings (SSSR count). The van der Waals surface area contributed by atoms with Crippen LogP contribution >= 0.6 is 23.1 Å². The maximum atomic E-state index is 13.2. The van der Waals surface area contributed by atoms with Gasteiger partial charge in [-0.15, -0.1) is 11.3 Å². The monoisotopic (exact) mass is 538 g/mol. The van der Waals surface area contributed by atoms with Gasteiger partial charge in [-0.05, 0) is 61.0 Å². The molecule has 0 saturated heterocycles. The summed E-state index contributed by atoms with van der Waals surface area (Å²) < 4.78 is 31.5. The second-order valence-corrected chi connectivity index (χ2v) is 12.0. The second-order valence-electron chi connectivity index (χ2n) is 7.96.